The highest BCUT2D eigenvalue weighted by atomic mass is 15.1. The van der Waals surface area contributed by atoms with E-state index in [4.69, 9.17) is 0 Å². The fraction of sp³-hybridized carbons (Fsp3) is 0.667. The molecular weight excluding hydrogens is 258 g/mol. The molecule has 120 valence electrons. The maximum Gasteiger partial charge on any atom is 0.0393 e. The molecule has 1 rings (SSSR count). The monoisotopic (exact) mass is 291 g/mol. The lowest BCUT2D eigenvalue weighted by molar-refractivity contribution is 0.401. The molecule has 21 heavy (non-hydrogen) atoms. The number of rotatable bonds is 9. The van der Waals surface area contributed by atoms with Gasteiger partial charge in [-0.15, -0.1) is 0 Å². The van der Waals surface area contributed by atoms with E-state index in [2.05, 4.69) is 75.2 Å². The van der Waals surface area contributed by atoms with E-state index in [1.165, 1.54) is 23.2 Å². The number of hydrogen-bond donors (Lipinski definition) is 1. The maximum absolute atomic E-state index is 3.50. The van der Waals surface area contributed by atoms with Gasteiger partial charge in [0.25, 0.3) is 0 Å². The Morgan fingerprint density at radius 2 is 1.81 bits per heavy atom. The van der Waals surface area contributed by atoms with E-state index < -0.39 is 0 Å². The van der Waals surface area contributed by atoms with E-state index in [0.29, 0.717) is 5.92 Å². The van der Waals surface area contributed by atoms with Crippen LogP contribution in [0.25, 0.3) is 0 Å². The summed E-state index contributed by atoms with van der Waals surface area (Å²) in [6.45, 7) is 11.0. The third-order valence-corrected chi connectivity index (χ3v) is 3.65. The third-order valence-electron chi connectivity index (χ3n) is 3.65. The molecule has 0 aromatic heterocycles. The maximum atomic E-state index is 3.50. The van der Waals surface area contributed by atoms with Crippen LogP contribution in [0.2, 0.25) is 0 Å². The van der Waals surface area contributed by atoms with Gasteiger partial charge in [-0.25, -0.2) is 0 Å². The molecule has 0 heterocycles. The summed E-state index contributed by atoms with van der Waals surface area (Å²) in [6.07, 6.45) is 1.20. The van der Waals surface area contributed by atoms with Crippen molar-refractivity contribution in [2.45, 2.75) is 33.7 Å². The number of aryl methyl sites for hydroxylation is 1. The molecule has 3 heteroatoms. The zero-order valence-electron chi connectivity index (χ0n) is 14.7. The van der Waals surface area contributed by atoms with Gasteiger partial charge in [-0.2, -0.15) is 0 Å². The van der Waals surface area contributed by atoms with Crippen LogP contribution in [0.3, 0.4) is 0 Å². The van der Waals surface area contributed by atoms with E-state index in [-0.39, 0.29) is 0 Å². The third kappa shape index (κ3) is 6.96. The molecule has 1 aromatic rings. The smallest absolute Gasteiger partial charge is 0.0393 e. The van der Waals surface area contributed by atoms with Crippen LogP contribution in [0, 0.1) is 12.8 Å². The molecule has 0 aliphatic carbocycles. The van der Waals surface area contributed by atoms with E-state index in [1.54, 1.807) is 0 Å². The van der Waals surface area contributed by atoms with Crippen LogP contribution in [0.5, 0.6) is 0 Å². The van der Waals surface area contributed by atoms with Crippen LogP contribution in [-0.4, -0.2) is 45.7 Å². The molecule has 0 saturated heterocycles. The van der Waals surface area contributed by atoms with Crippen molar-refractivity contribution in [1.29, 1.82) is 0 Å². The molecule has 0 aliphatic rings. The standard InChI is InChI=1S/C18H33N3/c1-15(2)13-19-14-17-8-9-18(16(3)12-17)21(6)11-7-10-20(4)5/h8-9,12,15,19H,7,10-11,13-14H2,1-6H3. The van der Waals surface area contributed by atoms with Crippen molar-refractivity contribution in [1.82, 2.24) is 10.2 Å². The first kappa shape index (κ1) is 18.0. The van der Waals surface area contributed by atoms with Gasteiger partial charge in [-0.05, 0) is 63.6 Å². The summed E-state index contributed by atoms with van der Waals surface area (Å²) in [5, 5.41) is 3.50. The zero-order chi connectivity index (χ0) is 15.8. The first-order chi connectivity index (χ1) is 9.90. The van der Waals surface area contributed by atoms with Crippen LogP contribution in [0.1, 0.15) is 31.4 Å². The number of anilines is 1. The van der Waals surface area contributed by atoms with Crippen molar-refractivity contribution in [2.24, 2.45) is 5.92 Å². The highest BCUT2D eigenvalue weighted by molar-refractivity contribution is 5.53. The highest BCUT2D eigenvalue weighted by Crippen LogP contribution is 2.20. The van der Waals surface area contributed by atoms with Crippen molar-refractivity contribution >= 4 is 5.69 Å². The molecule has 0 radical (unpaired) electrons. The van der Waals surface area contributed by atoms with E-state index in [9.17, 15) is 0 Å². The summed E-state index contributed by atoms with van der Waals surface area (Å²) in [5.74, 6) is 0.702. The molecular formula is C18H33N3. The van der Waals surface area contributed by atoms with Crippen molar-refractivity contribution in [3.8, 4) is 0 Å². The quantitative estimate of drug-likeness (QED) is 0.754. The van der Waals surface area contributed by atoms with Gasteiger partial charge in [0.1, 0.15) is 0 Å². The Morgan fingerprint density at radius 1 is 1.10 bits per heavy atom. The van der Waals surface area contributed by atoms with Gasteiger partial charge in [0.05, 0.1) is 0 Å². The lowest BCUT2D eigenvalue weighted by atomic mass is 10.1. The highest BCUT2D eigenvalue weighted by Gasteiger charge is 2.06. The topological polar surface area (TPSA) is 18.5 Å². The molecule has 0 spiro atoms. The predicted octanol–water partition coefficient (Wildman–Crippen LogP) is 3.13. The number of hydrogen-bond acceptors (Lipinski definition) is 3. The minimum Gasteiger partial charge on any atom is -0.374 e. The Morgan fingerprint density at radius 3 is 2.38 bits per heavy atom. The molecule has 3 nitrogen and oxygen atoms in total. The summed E-state index contributed by atoms with van der Waals surface area (Å²) >= 11 is 0. The van der Waals surface area contributed by atoms with Gasteiger partial charge in [0.15, 0.2) is 0 Å². The molecule has 0 aliphatic heterocycles. The summed E-state index contributed by atoms with van der Waals surface area (Å²) in [7, 11) is 6.45. The largest absolute Gasteiger partial charge is 0.374 e. The van der Waals surface area contributed by atoms with Gasteiger partial charge < -0.3 is 15.1 Å². The molecule has 1 N–H and O–H groups in total. The van der Waals surface area contributed by atoms with E-state index >= 15 is 0 Å². The van der Waals surface area contributed by atoms with Gasteiger partial charge >= 0.3 is 0 Å². The molecule has 0 fully saturated rings. The van der Waals surface area contributed by atoms with Gasteiger partial charge in [-0.3, -0.25) is 0 Å². The van der Waals surface area contributed by atoms with Crippen molar-refractivity contribution < 1.29 is 0 Å². The fourth-order valence-corrected chi connectivity index (χ4v) is 2.51. The summed E-state index contributed by atoms with van der Waals surface area (Å²) in [4.78, 5) is 4.61. The average molecular weight is 291 g/mol. The summed E-state index contributed by atoms with van der Waals surface area (Å²) < 4.78 is 0. The van der Waals surface area contributed by atoms with Gasteiger partial charge in [0, 0.05) is 25.8 Å². The minimum absolute atomic E-state index is 0.702. The fourth-order valence-electron chi connectivity index (χ4n) is 2.51. The SMILES string of the molecule is Cc1cc(CNCC(C)C)ccc1N(C)CCCN(C)C. The zero-order valence-corrected chi connectivity index (χ0v) is 14.7. The van der Waals surface area contributed by atoms with Crippen LogP contribution < -0.4 is 10.2 Å². The number of benzene rings is 1. The molecule has 0 saturated carbocycles. The minimum atomic E-state index is 0.702. The van der Waals surface area contributed by atoms with E-state index in [1.807, 2.05) is 0 Å². The second kappa shape index (κ2) is 9.06. The van der Waals surface area contributed by atoms with Crippen LogP contribution >= 0.6 is 0 Å². The van der Waals surface area contributed by atoms with Crippen LogP contribution in [0.15, 0.2) is 18.2 Å². The molecule has 0 bridgehead atoms. The second-order valence-corrected chi connectivity index (χ2v) is 6.72. The normalized spacial score (nSPS) is 11.4. The average Bonchev–Trinajstić information content (AvgIpc) is 2.37. The molecule has 0 amide bonds. The molecule has 1 aromatic carbocycles. The number of nitrogens with zero attached hydrogens (tertiary/aromatic N) is 2. The van der Waals surface area contributed by atoms with Crippen molar-refractivity contribution in [3.05, 3.63) is 29.3 Å². The van der Waals surface area contributed by atoms with Crippen LogP contribution in [0.4, 0.5) is 5.69 Å². The van der Waals surface area contributed by atoms with E-state index in [0.717, 1.165) is 26.2 Å². The lowest BCUT2D eigenvalue weighted by Crippen LogP contribution is -2.24. The molecule has 0 atom stereocenters. The van der Waals surface area contributed by atoms with Crippen molar-refractivity contribution in [3.63, 3.8) is 0 Å². The Kier molecular flexibility index (Phi) is 7.76. The molecule has 0 unspecified atom stereocenters. The van der Waals surface area contributed by atoms with Crippen LogP contribution in [-0.2, 0) is 6.54 Å². The Hall–Kier alpha value is -1.06. The Balaban J connectivity index is 2.52. The van der Waals surface area contributed by atoms with Crippen molar-refractivity contribution in [2.75, 3.05) is 45.7 Å². The second-order valence-electron chi connectivity index (χ2n) is 6.72. The first-order valence-electron chi connectivity index (χ1n) is 8.06. The number of nitrogens with one attached hydrogen (secondary N) is 1. The predicted molar refractivity (Wildman–Crippen MR) is 94.2 cm³/mol. The first-order valence-corrected chi connectivity index (χ1v) is 8.06. The van der Waals surface area contributed by atoms with Gasteiger partial charge in [-0.1, -0.05) is 26.0 Å². The summed E-state index contributed by atoms with van der Waals surface area (Å²) in [5.41, 5.74) is 4.09. The lowest BCUT2D eigenvalue weighted by Gasteiger charge is -2.23. The van der Waals surface area contributed by atoms with Gasteiger partial charge in [0.2, 0.25) is 0 Å². The Labute approximate surface area is 131 Å². The summed E-state index contributed by atoms with van der Waals surface area (Å²) in [6, 6.07) is 6.82. The Bertz CT molecular complexity index is 413.